The number of anilines is 1. The molecule has 4 aromatic rings. The van der Waals surface area contributed by atoms with Crippen LogP contribution in [0.25, 0.3) is 10.2 Å². The van der Waals surface area contributed by atoms with Gasteiger partial charge in [0, 0.05) is 17.1 Å². The van der Waals surface area contributed by atoms with Crippen LogP contribution in [0.2, 0.25) is 0 Å². The number of thiazole rings is 1. The molecule has 0 aliphatic rings. The quantitative estimate of drug-likeness (QED) is 0.291. The highest BCUT2D eigenvalue weighted by atomic mass is 32.2. The van der Waals surface area contributed by atoms with Crippen molar-refractivity contribution in [1.29, 1.82) is 0 Å². The van der Waals surface area contributed by atoms with Crippen LogP contribution in [0.5, 0.6) is 0 Å². The van der Waals surface area contributed by atoms with Gasteiger partial charge in [0.05, 0.1) is 16.8 Å². The molecule has 3 nitrogen and oxygen atoms in total. The number of carbonyl (C=O) groups excluding carboxylic acids is 1. The smallest absolute Gasteiger partial charge is 0.229 e. The largest absolute Gasteiger partial charge is 0.284 e. The van der Waals surface area contributed by atoms with Crippen LogP contribution in [-0.4, -0.2) is 16.6 Å². The highest BCUT2D eigenvalue weighted by Crippen LogP contribution is 2.33. The Hall–Kier alpha value is -2.70. The lowest BCUT2D eigenvalue weighted by atomic mass is 10.1. The van der Waals surface area contributed by atoms with Crippen molar-refractivity contribution in [2.24, 2.45) is 0 Å². The summed E-state index contributed by atoms with van der Waals surface area (Å²) in [6, 6.07) is 20.5. The number of benzene rings is 3. The van der Waals surface area contributed by atoms with E-state index in [0.717, 1.165) is 31.4 Å². The van der Waals surface area contributed by atoms with E-state index in [4.69, 9.17) is 4.98 Å². The maximum atomic E-state index is 13.2. The third kappa shape index (κ3) is 5.14. The second-order valence-electron chi connectivity index (χ2n) is 7.37. The molecule has 0 fully saturated rings. The summed E-state index contributed by atoms with van der Waals surface area (Å²) in [5.41, 5.74) is 4.38. The van der Waals surface area contributed by atoms with E-state index in [-0.39, 0.29) is 11.7 Å². The standard InChI is InChI=1S/C25H23FN2OS2/c1-17-8-13-22-24(18(17)2)27-25(31-22)28(16-19-6-4-3-5-7-19)23(29)14-15-30-21-11-9-20(26)10-12-21/h3-13H,14-16H2,1-2H3. The number of rotatable bonds is 7. The predicted molar refractivity (Wildman–Crippen MR) is 128 cm³/mol. The summed E-state index contributed by atoms with van der Waals surface area (Å²) in [5.74, 6) is 0.404. The molecule has 1 amide bonds. The van der Waals surface area contributed by atoms with E-state index in [1.165, 1.54) is 17.7 Å². The van der Waals surface area contributed by atoms with Crippen molar-refractivity contribution in [3.05, 3.63) is 89.2 Å². The number of aryl methyl sites for hydroxylation is 2. The van der Waals surface area contributed by atoms with Gasteiger partial charge in [-0.25, -0.2) is 9.37 Å². The van der Waals surface area contributed by atoms with E-state index in [1.54, 1.807) is 40.1 Å². The summed E-state index contributed by atoms with van der Waals surface area (Å²) in [7, 11) is 0. The van der Waals surface area contributed by atoms with Gasteiger partial charge in [0.25, 0.3) is 0 Å². The van der Waals surface area contributed by atoms with Crippen molar-refractivity contribution >= 4 is 44.4 Å². The maximum Gasteiger partial charge on any atom is 0.229 e. The second-order valence-corrected chi connectivity index (χ2v) is 9.55. The van der Waals surface area contributed by atoms with Gasteiger partial charge >= 0.3 is 0 Å². The van der Waals surface area contributed by atoms with E-state index >= 15 is 0 Å². The zero-order valence-electron chi connectivity index (χ0n) is 17.5. The molecule has 0 N–H and O–H groups in total. The molecule has 0 atom stereocenters. The minimum Gasteiger partial charge on any atom is -0.284 e. The number of hydrogen-bond acceptors (Lipinski definition) is 4. The number of fused-ring (bicyclic) bond motifs is 1. The first-order chi connectivity index (χ1) is 15.0. The summed E-state index contributed by atoms with van der Waals surface area (Å²) in [6.07, 6.45) is 0.378. The molecular weight excluding hydrogens is 427 g/mol. The molecule has 0 bridgehead atoms. The van der Waals surface area contributed by atoms with Crippen LogP contribution in [0.1, 0.15) is 23.1 Å². The number of halogens is 1. The van der Waals surface area contributed by atoms with Crippen LogP contribution in [0.3, 0.4) is 0 Å². The van der Waals surface area contributed by atoms with Crippen LogP contribution in [0.15, 0.2) is 71.6 Å². The molecule has 0 spiro atoms. The van der Waals surface area contributed by atoms with Crippen LogP contribution in [-0.2, 0) is 11.3 Å². The van der Waals surface area contributed by atoms with E-state index in [9.17, 15) is 9.18 Å². The fourth-order valence-electron chi connectivity index (χ4n) is 3.28. The Balaban J connectivity index is 1.56. The molecule has 6 heteroatoms. The van der Waals surface area contributed by atoms with Crippen LogP contribution >= 0.6 is 23.1 Å². The van der Waals surface area contributed by atoms with Gasteiger partial charge in [-0.2, -0.15) is 0 Å². The van der Waals surface area contributed by atoms with Gasteiger partial charge in [-0.05, 0) is 60.9 Å². The van der Waals surface area contributed by atoms with Crippen LogP contribution in [0, 0.1) is 19.7 Å². The SMILES string of the molecule is Cc1ccc2sc(N(Cc3ccccc3)C(=O)CCSc3ccc(F)cc3)nc2c1C. The van der Waals surface area contributed by atoms with Crippen molar-refractivity contribution in [2.75, 3.05) is 10.7 Å². The minimum absolute atomic E-state index is 0.0342. The monoisotopic (exact) mass is 450 g/mol. The molecule has 0 saturated carbocycles. The van der Waals surface area contributed by atoms with Gasteiger partial charge in [0.1, 0.15) is 5.82 Å². The number of carbonyl (C=O) groups is 1. The molecule has 158 valence electrons. The van der Waals surface area contributed by atoms with Gasteiger partial charge in [-0.15, -0.1) is 11.8 Å². The van der Waals surface area contributed by atoms with Crippen LogP contribution < -0.4 is 4.90 Å². The first-order valence-electron chi connectivity index (χ1n) is 10.1. The zero-order valence-corrected chi connectivity index (χ0v) is 19.1. The number of thioether (sulfide) groups is 1. The summed E-state index contributed by atoms with van der Waals surface area (Å²) < 4.78 is 14.2. The third-order valence-electron chi connectivity index (χ3n) is 5.19. The molecule has 31 heavy (non-hydrogen) atoms. The normalized spacial score (nSPS) is 11.1. The van der Waals surface area contributed by atoms with Crippen molar-refractivity contribution in [3.63, 3.8) is 0 Å². The minimum atomic E-state index is -0.254. The van der Waals surface area contributed by atoms with Crippen molar-refractivity contribution in [3.8, 4) is 0 Å². The molecule has 0 radical (unpaired) electrons. The van der Waals surface area contributed by atoms with E-state index in [2.05, 4.69) is 26.0 Å². The first-order valence-corrected chi connectivity index (χ1v) is 11.9. The van der Waals surface area contributed by atoms with Crippen molar-refractivity contribution in [1.82, 2.24) is 4.98 Å². The Labute approximate surface area is 189 Å². The van der Waals surface area contributed by atoms with E-state index in [1.807, 2.05) is 30.3 Å². The van der Waals surface area contributed by atoms with Crippen LogP contribution in [0.4, 0.5) is 9.52 Å². The Morgan fingerprint density at radius 3 is 2.52 bits per heavy atom. The van der Waals surface area contributed by atoms with Gasteiger partial charge in [-0.3, -0.25) is 9.69 Å². The summed E-state index contributed by atoms with van der Waals surface area (Å²) in [6.45, 7) is 4.63. The average Bonchev–Trinajstić information content (AvgIpc) is 3.21. The third-order valence-corrected chi connectivity index (χ3v) is 7.24. The Morgan fingerprint density at radius 1 is 1.03 bits per heavy atom. The molecule has 4 rings (SSSR count). The maximum absolute atomic E-state index is 13.2. The summed E-state index contributed by atoms with van der Waals surface area (Å²) >= 11 is 3.11. The van der Waals surface area contributed by atoms with Gasteiger partial charge < -0.3 is 0 Å². The topological polar surface area (TPSA) is 33.2 Å². The molecule has 1 aromatic heterocycles. The van der Waals surface area contributed by atoms with E-state index < -0.39 is 0 Å². The molecule has 0 aliphatic heterocycles. The average molecular weight is 451 g/mol. The molecule has 1 heterocycles. The fourth-order valence-corrected chi connectivity index (χ4v) is 5.16. The Morgan fingerprint density at radius 2 is 1.77 bits per heavy atom. The van der Waals surface area contributed by atoms with Crippen molar-refractivity contribution < 1.29 is 9.18 Å². The Bertz CT molecular complexity index is 1190. The lowest BCUT2D eigenvalue weighted by Crippen LogP contribution is -2.30. The van der Waals surface area contributed by atoms with Gasteiger partial charge in [0.2, 0.25) is 5.91 Å². The fraction of sp³-hybridized carbons (Fsp3) is 0.200. The summed E-state index contributed by atoms with van der Waals surface area (Å²) in [4.78, 5) is 20.8. The molecule has 0 aliphatic carbocycles. The number of aromatic nitrogens is 1. The first kappa shape index (κ1) is 21.5. The van der Waals surface area contributed by atoms with Gasteiger partial charge in [-0.1, -0.05) is 47.7 Å². The lowest BCUT2D eigenvalue weighted by Gasteiger charge is -2.20. The highest BCUT2D eigenvalue weighted by molar-refractivity contribution is 7.99. The predicted octanol–water partition coefficient (Wildman–Crippen LogP) is 6.77. The number of amides is 1. The molecule has 0 unspecified atom stereocenters. The highest BCUT2D eigenvalue weighted by Gasteiger charge is 2.21. The second kappa shape index (κ2) is 9.62. The number of nitrogens with zero attached hydrogens (tertiary/aromatic N) is 2. The van der Waals surface area contributed by atoms with Crippen molar-refractivity contribution in [2.45, 2.75) is 31.7 Å². The lowest BCUT2D eigenvalue weighted by molar-refractivity contribution is -0.118. The van der Waals surface area contributed by atoms with E-state index in [0.29, 0.717) is 18.7 Å². The molecule has 0 saturated heterocycles. The zero-order chi connectivity index (χ0) is 21.8. The molecule has 3 aromatic carbocycles. The number of hydrogen-bond donors (Lipinski definition) is 0. The summed E-state index contributed by atoms with van der Waals surface area (Å²) in [5, 5.41) is 0.726. The van der Waals surface area contributed by atoms with Gasteiger partial charge in [0.15, 0.2) is 5.13 Å². The Kier molecular flexibility index (Phi) is 6.68. The molecular formula is C25H23FN2OS2.